The second kappa shape index (κ2) is 10.0. The van der Waals surface area contributed by atoms with Crippen LogP contribution in [0, 0.1) is 5.82 Å². The predicted octanol–water partition coefficient (Wildman–Crippen LogP) is 5.41. The van der Waals surface area contributed by atoms with Crippen molar-refractivity contribution in [2.75, 3.05) is 13.1 Å². The maximum atomic E-state index is 14.1. The molecule has 1 aliphatic heterocycles. The van der Waals surface area contributed by atoms with E-state index in [0.717, 1.165) is 48.4 Å². The summed E-state index contributed by atoms with van der Waals surface area (Å²) in [5.41, 5.74) is 3.19. The molecule has 2 aromatic carbocycles. The molecule has 2 aromatic heterocycles. The van der Waals surface area contributed by atoms with Crippen molar-refractivity contribution >= 4 is 28.6 Å². The van der Waals surface area contributed by atoms with Gasteiger partial charge in [-0.25, -0.2) is 19.2 Å². The Bertz CT molecular complexity index is 1370. The summed E-state index contributed by atoms with van der Waals surface area (Å²) >= 11 is 5.84. The van der Waals surface area contributed by atoms with E-state index in [4.69, 9.17) is 16.3 Å². The fourth-order valence-corrected chi connectivity index (χ4v) is 4.66. The number of nitrogens with zero attached hydrogens (tertiary/aromatic N) is 3. The summed E-state index contributed by atoms with van der Waals surface area (Å²) in [5.74, 6) is 0.289. The molecule has 1 fully saturated rings. The molecular weight excluding hydrogens is 471 g/mol. The number of carboxylic acids is 1. The van der Waals surface area contributed by atoms with E-state index in [-0.39, 0.29) is 12.2 Å². The second-order valence-electron chi connectivity index (χ2n) is 8.69. The Morgan fingerprint density at radius 3 is 2.80 bits per heavy atom. The third-order valence-electron chi connectivity index (χ3n) is 6.36. The smallest absolute Gasteiger partial charge is 0.335 e. The minimum Gasteiger partial charge on any atom is -0.478 e. The molecule has 4 aromatic rings. The van der Waals surface area contributed by atoms with Crippen molar-refractivity contribution in [3.8, 4) is 5.88 Å². The van der Waals surface area contributed by atoms with Crippen LogP contribution in [0.15, 0.2) is 54.7 Å². The average Bonchev–Trinajstić information content (AvgIpc) is 3.26. The quantitative estimate of drug-likeness (QED) is 0.357. The number of aromatic carboxylic acids is 1. The number of ether oxygens (including phenoxy) is 1. The van der Waals surface area contributed by atoms with Gasteiger partial charge in [-0.2, -0.15) is 0 Å². The van der Waals surface area contributed by atoms with E-state index in [1.807, 2.05) is 12.1 Å². The van der Waals surface area contributed by atoms with E-state index in [2.05, 4.69) is 19.9 Å². The van der Waals surface area contributed by atoms with Gasteiger partial charge in [0.15, 0.2) is 0 Å². The van der Waals surface area contributed by atoms with Crippen LogP contribution in [0.25, 0.3) is 11.0 Å². The Kier molecular flexibility index (Phi) is 6.66. The molecule has 0 atom stereocenters. The van der Waals surface area contributed by atoms with Crippen molar-refractivity contribution < 1.29 is 19.0 Å². The number of nitrogens with one attached hydrogen (secondary N) is 1. The largest absolute Gasteiger partial charge is 0.478 e. The monoisotopic (exact) mass is 494 g/mol. The van der Waals surface area contributed by atoms with Gasteiger partial charge in [0.1, 0.15) is 18.2 Å². The van der Waals surface area contributed by atoms with Crippen molar-refractivity contribution in [3.63, 3.8) is 0 Å². The van der Waals surface area contributed by atoms with E-state index in [0.29, 0.717) is 28.9 Å². The lowest BCUT2D eigenvalue weighted by Crippen LogP contribution is -2.33. The Morgan fingerprint density at radius 1 is 1.20 bits per heavy atom. The van der Waals surface area contributed by atoms with E-state index in [1.165, 1.54) is 6.07 Å². The highest BCUT2D eigenvalue weighted by Gasteiger charge is 2.24. The summed E-state index contributed by atoms with van der Waals surface area (Å²) in [6.45, 7) is 2.50. The van der Waals surface area contributed by atoms with Crippen LogP contribution in [0.1, 0.15) is 46.1 Å². The molecule has 0 saturated carbocycles. The van der Waals surface area contributed by atoms with Crippen molar-refractivity contribution in [2.45, 2.75) is 31.9 Å². The number of benzene rings is 2. The number of hydrogen-bond acceptors (Lipinski definition) is 5. The summed E-state index contributed by atoms with van der Waals surface area (Å²) in [6.07, 6.45) is 3.55. The normalized spacial score (nSPS) is 14.9. The number of carboxylic acid groups (broad SMARTS) is 1. The van der Waals surface area contributed by atoms with Crippen LogP contribution in [0.2, 0.25) is 5.02 Å². The van der Waals surface area contributed by atoms with Gasteiger partial charge in [-0.1, -0.05) is 23.7 Å². The topological polar surface area (TPSA) is 91.3 Å². The SMILES string of the molecule is O=C(O)c1ccc2nc(CN3CCC(c4cccnc4OCc4ccc(Cl)cc4F)CC3)[nH]c2c1. The van der Waals surface area contributed by atoms with Crippen molar-refractivity contribution in [3.05, 3.63) is 88.1 Å². The summed E-state index contributed by atoms with van der Waals surface area (Å²) in [5, 5.41) is 9.54. The zero-order chi connectivity index (χ0) is 24.4. The van der Waals surface area contributed by atoms with E-state index in [9.17, 15) is 14.3 Å². The number of H-pyrrole nitrogens is 1. The van der Waals surface area contributed by atoms with E-state index >= 15 is 0 Å². The van der Waals surface area contributed by atoms with Crippen LogP contribution >= 0.6 is 11.6 Å². The van der Waals surface area contributed by atoms with Gasteiger partial charge >= 0.3 is 5.97 Å². The van der Waals surface area contributed by atoms with Crippen LogP contribution in [-0.4, -0.2) is 44.0 Å². The van der Waals surface area contributed by atoms with Gasteiger partial charge in [0, 0.05) is 22.3 Å². The first-order valence-electron chi connectivity index (χ1n) is 11.4. The van der Waals surface area contributed by atoms with Gasteiger partial charge in [0.05, 0.1) is 23.1 Å². The van der Waals surface area contributed by atoms with Crippen molar-refractivity contribution in [1.82, 2.24) is 19.9 Å². The Morgan fingerprint density at radius 2 is 2.03 bits per heavy atom. The Hall–Kier alpha value is -3.49. The number of aromatic nitrogens is 3. The number of pyridine rings is 1. The Labute approximate surface area is 206 Å². The van der Waals surface area contributed by atoms with Crippen LogP contribution in [0.4, 0.5) is 4.39 Å². The molecule has 5 rings (SSSR count). The average molecular weight is 495 g/mol. The van der Waals surface area contributed by atoms with Gasteiger partial charge in [-0.3, -0.25) is 4.90 Å². The van der Waals surface area contributed by atoms with Gasteiger partial charge in [0.2, 0.25) is 5.88 Å². The van der Waals surface area contributed by atoms with Crippen molar-refractivity contribution in [2.24, 2.45) is 0 Å². The van der Waals surface area contributed by atoms with E-state index in [1.54, 1.807) is 36.5 Å². The number of fused-ring (bicyclic) bond motifs is 1. The summed E-state index contributed by atoms with van der Waals surface area (Å²) in [6, 6.07) is 13.4. The fraction of sp³-hybridized carbons (Fsp3) is 0.269. The number of likely N-dealkylation sites (tertiary alicyclic amines) is 1. The molecule has 0 unspecified atom stereocenters. The zero-order valence-electron chi connectivity index (χ0n) is 18.9. The molecule has 3 heterocycles. The lowest BCUT2D eigenvalue weighted by molar-refractivity contribution is 0.0697. The number of hydrogen-bond donors (Lipinski definition) is 2. The molecule has 2 N–H and O–H groups in total. The summed E-state index contributed by atoms with van der Waals surface area (Å²) < 4.78 is 20.0. The summed E-state index contributed by atoms with van der Waals surface area (Å²) in [7, 11) is 0. The highest BCUT2D eigenvalue weighted by molar-refractivity contribution is 6.30. The van der Waals surface area contributed by atoms with E-state index < -0.39 is 11.8 Å². The molecular formula is C26H24ClFN4O3. The minimum absolute atomic E-state index is 0.0848. The molecule has 7 nitrogen and oxygen atoms in total. The molecule has 180 valence electrons. The first kappa shape index (κ1) is 23.3. The van der Waals surface area contributed by atoms with Crippen LogP contribution in [0.5, 0.6) is 5.88 Å². The summed E-state index contributed by atoms with van der Waals surface area (Å²) in [4.78, 5) is 25.8. The predicted molar refractivity (Wildman–Crippen MR) is 130 cm³/mol. The first-order valence-corrected chi connectivity index (χ1v) is 11.8. The van der Waals surface area contributed by atoms with Gasteiger partial charge < -0.3 is 14.8 Å². The molecule has 0 spiro atoms. The highest BCUT2D eigenvalue weighted by Crippen LogP contribution is 2.34. The Balaban J connectivity index is 1.21. The van der Waals surface area contributed by atoms with Gasteiger partial charge in [-0.05, 0) is 68.2 Å². The zero-order valence-corrected chi connectivity index (χ0v) is 19.6. The maximum absolute atomic E-state index is 14.1. The molecule has 0 bridgehead atoms. The van der Waals surface area contributed by atoms with Gasteiger partial charge in [-0.15, -0.1) is 0 Å². The third-order valence-corrected chi connectivity index (χ3v) is 6.59. The number of halogens is 2. The van der Waals surface area contributed by atoms with Crippen LogP contribution in [-0.2, 0) is 13.2 Å². The third kappa shape index (κ3) is 5.28. The number of carbonyl (C=O) groups is 1. The molecule has 0 amide bonds. The van der Waals surface area contributed by atoms with Crippen LogP contribution in [0.3, 0.4) is 0 Å². The van der Waals surface area contributed by atoms with Crippen LogP contribution < -0.4 is 4.74 Å². The standard InChI is InChI=1S/C26H24ClFN4O3/c27-19-5-3-18(21(28)13-19)15-35-25-20(2-1-9-29-25)16-7-10-32(11-8-16)14-24-30-22-6-4-17(26(33)34)12-23(22)31-24/h1-6,9,12-13,16H,7-8,10-11,14-15H2,(H,30,31)(H,33,34). The minimum atomic E-state index is -0.956. The number of piperidine rings is 1. The van der Waals surface area contributed by atoms with Gasteiger partial charge in [0.25, 0.3) is 0 Å². The lowest BCUT2D eigenvalue weighted by Gasteiger charge is -2.32. The molecule has 1 saturated heterocycles. The molecule has 0 radical (unpaired) electrons. The second-order valence-corrected chi connectivity index (χ2v) is 9.13. The maximum Gasteiger partial charge on any atom is 0.335 e. The first-order chi connectivity index (χ1) is 17.0. The molecule has 0 aliphatic carbocycles. The number of rotatable bonds is 7. The highest BCUT2D eigenvalue weighted by atomic mass is 35.5. The molecule has 35 heavy (non-hydrogen) atoms. The number of imidazole rings is 1. The molecule has 1 aliphatic rings. The lowest BCUT2D eigenvalue weighted by atomic mass is 9.90. The fourth-order valence-electron chi connectivity index (χ4n) is 4.50. The molecule has 9 heteroatoms. The van der Waals surface area contributed by atoms with Crippen molar-refractivity contribution in [1.29, 1.82) is 0 Å². The number of aromatic amines is 1.